The highest BCUT2D eigenvalue weighted by molar-refractivity contribution is 7.17. The molecule has 3 rings (SSSR count). The molecule has 138 valence electrons. The third-order valence-corrected chi connectivity index (χ3v) is 5.42. The number of fused-ring (bicyclic) bond motifs is 1. The van der Waals surface area contributed by atoms with Crippen molar-refractivity contribution in [3.8, 4) is 0 Å². The van der Waals surface area contributed by atoms with E-state index in [-0.39, 0.29) is 18.2 Å². The summed E-state index contributed by atoms with van der Waals surface area (Å²) in [5, 5.41) is 9.58. The molecule has 1 aliphatic rings. The Bertz CT molecular complexity index is 864. The predicted octanol–water partition coefficient (Wildman–Crippen LogP) is 2.42. The molecule has 26 heavy (non-hydrogen) atoms. The van der Waals surface area contributed by atoms with Crippen LogP contribution in [-0.2, 0) is 24.6 Å². The zero-order valence-electron chi connectivity index (χ0n) is 14.8. The molecule has 0 atom stereocenters. The fourth-order valence-corrected chi connectivity index (χ4v) is 4.18. The highest BCUT2D eigenvalue weighted by Gasteiger charge is 2.29. The van der Waals surface area contributed by atoms with Gasteiger partial charge in [0.25, 0.3) is 11.8 Å². The van der Waals surface area contributed by atoms with Gasteiger partial charge in [0.05, 0.1) is 12.2 Å². The molecule has 0 radical (unpaired) electrons. The number of nitrogens with one attached hydrogen (secondary N) is 2. The lowest BCUT2D eigenvalue weighted by Crippen LogP contribution is -2.32. The number of hydrogen-bond donors (Lipinski definition) is 2. The minimum absolute atomic E-state index is 0.170. The number of imide groups is 1. The number of rotatable bonds is 4. The molecule has 8 nitrogen and oxygen atoms in total. The standard InChI is InChI=1S/C17H20N4O4S/c1-4-25-17(24)19-15(23)13-10-6-5-7-12(10)26-16(13)18-14(22)11-8-9(2)21(3)20-11/h8H,4-7H2,1-3H3,(H,18,22)(H,19,23,24). The van der Waals surface area contributed by atoms with Crippen LogP contribution in [0.15, 0.2) is 6.07 Å². The minimum Gasteiger partial charge on any atom is -0.450 e. The molecule has 0 unspecified atom stereocenters. The van der Waals surface area contributed by atoms with Crippen molar-refractivity contribution < 1.29 is 19.1 Å². The summed E-state index contributed by atoms with van der Waals surface area (Å²) >= 11 is 1.37. The van der Waals surface area contributed by atoms with Crippen LogP contribution in [0.25, 0.3) is 0 Å². The average Bonchev–Trinajstić information content (AvgIpc) is 3.22. The van der Waals surface area contributed by atoms with E-state index in [4.69, 9.17) is 4.74 Å². The van der Waals surface area contributed by atoms with Crippen molar-refractivity contribution in [2.75, 3.05) is 11.9 Å². The molecule has 0 bridgehead atoms. The smallest absolute Gasteiger partial charge is 0.414 e. The number of carbonyl (C=O) groups is 3. The van der Waals surface area contributed by atoms with Gasteiger partial charge in [-0.25, -0.2) is 4.79 Å². The summed E-state index contributed by atoms with van der Waals surface area (Å²) in [4.78, 5) is 37.7. The average molecular weight is 376 g/mol. The lowest BCUT2D eigenvalue weighted by Gasteiger charge is -2.08. The third-order valence-electron chi connectivity index (χ3n) is 4.21. The van der Waals surface area contributed by atoms with E-state index in [1.54, 1.807) is 24.7 Å². The van der Waals surface area contributed by atoms with Crippen LogP contribution in [0.5, 0.6) is 0 Å². The lowest BCUT2D eigenvalue weighted by atomic mass is 10.1. The molecule has 2 heterocycles. The molecule has 0 saturated heterocycles. The predicted molar refractivity (Wildman–Crippen MR) is 96.7 cm³/mol. The van der Waals surface area contributed by atoms with Gasteiger partial charge < -0.3 is 10.1 Å². The van der Waals surface area contributed by atoms with Crippen LogP contribution < -0.4 is 10.6 Å². The zero-order chi connectivity index (χ0) is 18.8. The summed E-state index contributed by atoms with van der Waals surface area (Å²) < 4.78 is 6.38. The highest BCUT2D eigenvalue weighted by atomic mass is 32.1. The summed E-state index contributed by atoms with van der Waals surface area (Å²) in [5.74, 6) is -0.950. The van der Waals surface area contributed by atoms with Crippen LogP contribution in [-0.4, -0.2) is 34.3 Å². The van der Waals surface area contributed by atoms with Gasteiger partial charge in [-0.05, 0) is 44.7 Å². The number of aryl methyl sites for hydroxylation is 3. The monoisotopic (exact) mass is 376 g/mol. The van der Waals surface area contributed by atoms with Crippen LogP contribution in [0.4, 0.5) is 9.80 Å². The number of aromatic nitrogens is 2. The molecule has 9 heteroatoms. The second-order valence-electron chi connectivity index (χ2n) is 5.98. The van der Waals surface area contributed by atoms with Gasteiger partial charge in [0.2, 0.25) is 0 Å². The van der Waals surface area contributed by atoms with Crippen molar-refractivity contribution in [1.29, 1.82) is 0 Å². The molecular formula is C17H20N4O4S. The number of alkyl carbamates (subject to hydrolysis) is 1. The fourth-order valence-electron chi connectivity index (χ4n) is 2.89. The number of hydrogen-bond acceptors (Lipinski definition) is 6. The lowest BCUT2D eigenvalue weighted by molar-refractivity contribution is 0.0925. The molecule has 2 aromatic heterocycles. The Hall–Kier alpha value is -2.68. The summed E-state index contributed by atoms with van der Waals surface area (Å²) in [6, 6.07) is 1.68. The fraction of sp³-hybridized carbons (Fsp3) is 0.412. The highest BCUT2D eigenvalue weighted by Crippen LogP contribution is 2.39. The molecule has 0 aliphatic heterocycles. The van der Waals surface area contributed by atoms with Gasteiger partial charge in [-0.2, -0.15) is 5.10 Å². The topological polar surface area (TPSA) is 102 Å². The molecular weight excluding hydrogens is 356 g/mol. The van der Waals surface area contributed by atoms with Crippen LogP contribution in [0.2, 0.25) is 0 Å². The van der Waals surface area contributed by atoms with E-state index in [9.17, 15) is 14.4 Å². The summed E-state index contributed by atoms with van der Waals surface area (Å²) in [7, 11) is 1.75. The van der Waals surface area contributed by atoms with Crippen molar-refractivity contribution in [3.63, 3.8) is 0 Å². The number of thiophene rings is 1. The molecule has 1 aliphatic carbocycles. The Kier molecular flexibility index (Phi) is 5.08. The second kappa shape index (κ2) is 7.28. The molecule has 0 spiro atoms. The Morgan fingerprint density at radius 3 is 2.73 bits per heavy atom. The largest absolute Gasteiger partial charge is 0.450 e. The number of anilines is 1. The molecule has 0 fully saturated rings. The van der Waals surface area contributed by atoms with Crippen molar-refractivity contribution in [3.05, 3.63) is 33.5 Å². The number of ether oxygens (including phenoxy) is 1. The van der Waals surface area contributed by atoms with E-state index < -0.39 is 12.0 Å². The molecule has 0 aromatic carbocycles. The molecule has 2 N–H and O–H groups in total. The molecule has 2 aromatic rings. The number of amides is 3. The normalized spacial score (nSPS) is 12.6. The maximum Gasteiger partial charge on any atom is 0.414 e. The van der Waals surface area contributed by atoms with Crippen LogP contribution in [0, 0.1) is 6.92 Å². The van der Waals surface area contributed by atoms with Crippen molar-refractivity contribution >= 4 is 34.2 Å². The third kappa shape index (κ3) is 3.48. The van der Waals surface area contributed by atoms with Gasteiger partial charge >= 0.3 is 6.09 Å². The summed E-state index contributed by atoms with van der Waals surface area (Å²) in [6.45, 7) is 3.68. The van der Waals surface area contributed by atoms with Crippen LogP contribution in [0.1, 0.15) is 50.3 Å². The van der Waals surface area contributed by atoms with Gasteiger partial charge in [-0.15, -0.1) is 11.3 Å². The van der Waals surface area contributed by atoms with E-state index in [0.29, 0.717) is 10.6 Å². The van der Waals surface area contributed by atoms with Gasteiger partial charge in [0.1, 0.15) is 5.00 Å². The van der Waals surface area contributed by atoms with E-state index in [1.807, 2.05) is 6.92 Å². The Morgan fingerprint density at radius 2 is 2.08 bits per heavy atom. The number of carbonyl (C=O) groups excluding carboxylic acids is 3. The van der Waals surface area contributed by atoms with Crippen molar-refractivity contribution in [2.24, 2.45) is 7.05 Å². The van der Waals surface area contributed by atoms with E-state index in [1.165, 1.54) is 11.3 Å². The van der Waals surface area contributed by atoms with E-state index in [2.05, 4.69) is 15.7 Å². The van der Waals surface area contributed by atoms with Gasteiger partial charge in [-0.3, -0.25) is 19.6 Å². The first kappa shape index (κ1) is 18.1. The van der Waals surface area contributed by atoms with Crippen molar-refractivity contribution in [2.45, 2.75) is 33.1 Å². The Balaban J connectivity index is 1.86. The quantitative estimate of drug-likeness (QED) is 0.853. The van der Waals surface area contributed by atoms with Crippen LogP contribution in [0.3, 0.4) is 0 Å². The first-order valence-corrected chi connectivity index (χ1v) is 9.17. The molecule has 0 saturated carbocycles. The summed E-state index contributed by atoms with van der Waals surface area (Å²) in [5.41, 5.74) is 2.36. The number of nitrogens with zero attached hydrogens (tertiary/aromatic N) is 2. The second-order valence-corrected chi connectivity index (χ2v) is 7.09. The SMILES string of the molecule is CCOC(=O)NC(=O)c1c(NC(=O)c2cc(C)n(C)n2)sc2c1CCC2. The van der Waals surface area contributed by atoms with E-state index >= 15 is 0 Å². The van der Waals surface area contributed by atoms with Crippen molar-refractivity contribution in [1.82, 2.24) is 15.1 Å². The molecule has 3 amide bonds. The Labute approximate surface area is 154 Å². The first-order chi connectivity index (χ1) is 12.4. The first-order valence-electron chi connectivity index (χ1n) is 8.35. The summed E-state index contributed by atoms with van der Waals surface area (Å²) in [6.07, 6.45) is 1.76. The maximum atomic E-state index is 12.6. The zero-order valence-corrected chi connectivity index (χ0v) is 15.7. The van der Waals surface area contributed by atoms with Gasteiger partial charge in [-0.1, -0.05) is 0 Å². The minimum atomic E-state index is -0.798. The van der Waals surface area contributed by atoms with E-state index in [0.717, 1.165) is 35.4 Å². The maximum absolute atomic E-state index is 12.6. The van der Waals surface area contributed by atoms with Crippen LogP contribution >= 0.6 is 11.3 Å². The van der Waals surface area contributed by atoms with Gasteiger partial charge in [0.15, 0.2) is 5.69 Å². The van der Waals surface area contributed by atoms with Gasteiger partial charge in [0, 0.05) is 17.6 Å². The Morgan fingerprint density at radius 1 is 1.31 bits per heavy atom.